The molecule has 3 aliphatic rings. The molecule has 0 spiro atoms. The Morgan fingerprint density at radius 2 is 2.15 bits per heavy atom. The first kappa shape index (κ1) is 16.8. The average molecular weight is 372 g/mol. The zero-order chi connectivity index (χ0) is 18.2. The van der Waals surface area contributed by atoms with Gasteiger partial charge in [0.1, 0.15) is 11.9 Å². The Bertz CT molecular complexity index is 831. The smallest absolute Gasteiger partial charge is 0.231 e. The second kappa shape index (κ2) is 7.01. The van der Waals surface area contributed by atoms with Crippen LogP contribution in [0.3, 0.4) is 0 Å². The molecular weight excluding hydrogens is 348 g/mol. The van der Waals surface area contributed by atoms with Gasteiger partial charge >= 0.3 is 0 Å². The highest BCUT2D eigenvalue weighted by Crippen LogP contribution is 2.42. The summed E-state index contributed by atoms with van der Waals surface area (Å²) in [6.45, 7) is 4.69. The van der Waals surface area contributed by atoms with Crippen molar-refractivity contribution >= 4 is 0 Å². The van der Waals surface area contributed by atoms with Crippen LogP contribution in [0.4, 0.5) is 0 Å². The minimum atomic E-state index is 0.107. The molecule has 0 N–H and O–H groups in total. The van der Waals surface area contributed by atoms with Crippen LogP contribution in [0.15, 0.2) is 12.1 Å². The van der Waals surface area contributed by atoms with E-state index in [-0.39, 0.29) is 12.9 Å². The second-order valence-corrected chi connectivity index (χ2v) is 7.19. The number of fused-ring (bicyclic) bond motifs is 2. The summed E-state index contributed by atoms with van der Waals surface area (Å²) in [4.78, 5) is 2.44. The summed E-state index contributed by atoms with van der Waals surface area (Å²) in [6, 6.07) is 4.09. The first-order valence-corrected chi connectivity index (χ1v) is 9.54. The third-order valence-corrected chi connectivity index (χ3v) is 5.49. The SMILES string of the molecule is COc1cc(CN2CCc3nnc(C4CCCO4)n3CC2)cc2c1OCO2. The first-order valence-electron chi connectivity index (χ1n) is 9.54. The topological polar surface area (TPSA) is 70.9 Å². The van der Waals surface area contributed by atoms with E-state index in [4.69, 9.17) is 18.9 Å². The highest BCUT2D eigenvalue weighted by atomic mass is 16.7. The zero-order valence-electron chi connectivity index (χ0n) is 15.5. The number of nitrogens with zero attached hydrogens (tertiary/aromatic N) is 4. The van der Waals surface area contributed by atoms with E-state index in [1.807, 2.05) is 12.1 Å². The van der Waals surface area contributed by atoms with Gasteiger partial charge in [0.25, 0.3) is 0 Å². The van der Waals surface area contributed by atoms with E-state index >= 15 is 0 Å². The van der Waals surface area contributed by atoms with Gasteiger partial charge in [-0.05, 0) is 30.5 Å². The minimum Gasteiger partial charge on any atom is -0.493 e. The Labute approximate surface area is 158 Å². The van der Waals surface area contributed by atoms with Crippen LogP contribution >= 0.6 is 0 Å². The minimum absolute atomic E-state index is 0.107. The number of hydrogen-bond donors (Lipinski definition) is 0. The molecule has 27 heavy (non-hydrogen) atoms. The van der Waals surface area contributed by atoms with Gasteiger partial charge in [-0.25, -0.2) is 0 Å². The first-order chi connectivity index (χ1) is 13.3. The molecule has 3 aliphatic heterocycles. The van der Waals surface area contributed by atoms with E-state index in [0.717, 1.165) is 80.8 Å². The van der Waals surface area contributed by atoms with Crippen molar-refractivity contribution in [1.82, 2.24) is 19.7 Å². The fraction of sp³-hybridized carbons (Fsp3) is 0.579. The molecule has 4 heterocycles. The summed E-state index contributed by atoms with van der Waals surface area (Å²) in [5, 5.41) is 8.84. The van der Waals surface area contributed by atoms with Crippen molar-refractivity contribution in [2.75, 3.05) is 33.6 Å². The molecule has 0 saturated carbocycles. The van der Waals surface area contributed by atoms with Crippen LogP contribution in [0.2, 0.25) is 0 Å². The standard InChI is InChI=1S/C19H24N4O4/c1-24-15-9-13(10-16-18(15)27-12-26-16)11-22-5-4-17-20-21-19(23(17)7-6-22)14-3-2-8-25-14/h9-10,14H,2-8,11-12H2,1H3. The van der Waals surface area contributed by atoms with E-state index in [1.165, 1.54) is 0 Å². The Kier molecular flexibility index (Phi) is 4.37. The van der Waals surface area contributed by atoms with Crippen LogP contribution in [0, 0.1) is 0 Å². The third-order valence-electron chi connectivity index (χ3n) is 5.49. The molecule has 1 atom stereocenters. The lowest BCUT2D eigenvalue weighted by atomic mass is 10.1. The predicted octanol–water partition coefficient (Wildman–Crippen LogP) is 1.93. The lowest BCUT2D eigenvalue weighted by Gasteiger charge is -2.20. The van der Waals surface area contributed by atoms with Crippen LogP contribution in [-0.4, -0.2) is 53.3 Å². The van der Waals surface area contributed by atoms with E-state index in [9.17, 15) is 0 Å². The highest BCUT2D eigenvalue weighted by Gasteiger charge is 2.27. The van der Waals surface area contributed by atoms with Crippen molar-refractivity contribution < 1.29 is 18.9 Å². The molecule has 5 rings (SSSR count). The molecule has 2 aromatic rings. The molecule has 0 aliphatic carbocycles. The van der Waals surface area contributed by atoms with Crippen molar-refractivity contribution in [3.05, 3.63) is 29.3 Å². The second-order valence-electron chi connectivity index (χ2n) is 7.19. The molecule has 8 heteroatoms. The summed E-state index contributed by atoms with van der Waals surface area (Å²) >= 11 is 0. The van der Waals surface area contributed by atoms with Crippen LogP contribution in [0.1, 0.15) is 36.2 Å². The van der Waals surface area contributed by atoms with E-state index in [0.29, 0.717) is 5.75 Å². The van der Waals surface area contributed by atoms with Gasteiger partial charge in [-0.3, -0.25) is 4.90 Å². The maximum atomic E-state index is 5.82. The molecular formula is C19H24N4O4. The van der Waals surface area contributed by atoms with Gasteiger partial charge in [0.05, 0.1) is 7.11 Å². The summed E-state index contributed by atoms with van der Waals surface area (Å²) in [7, 11) is 1.66. The normalized spacial score (nSPS) is 21.9. The molecule has 144 valence electrons. The van der Waals surface area contributed by atoms with Gasteiger partial charge in [-0.15, -0.1) is 10.2 Å². The molecule has 1 aromatic carbocycles. The fourth-order valence-electron chi connectivity index (χ4n) is 4.10. The van der Waals surface area contributed by atoms with Crippen LogP contribution in [0.25, 0.3) is 0 Å². The number of benzene rings is 1. The van der Waals surface area contributed by atoms with Crippen molar-refractivity contribution in [3.8, 4) is 17.2 Å². The fourth-order valence-corrected chi connectivity index (χ4v) is 4.10. The Hall–Kier alpha value is -2.32. The van der Waals surface area contributed by atoms with Gasteiger partial charge < -0.3 is 23.5 Å². The quantitative estimate of drug-likeness (QED) is 0.812. The summed E-state index contributed by atoms with van der Waals surface area (Å²) in [6.07, 6.45) is 3.14. The largest absolute Gasteiger partial charge is 0.493 e. The maximum Gasteiger partial charge on any atom is 0.231 e. The van der Waals surface area contributed by atoms with Gasteiger partial charge in [0, 0.05) is 39.2 Å². The lowest BCUT2D eigenvalue weighted by Crippen LogP contribution is -2.27. The van der Waals surface area contributed by atoms with E-state index in [1.54, 1.807) is 7.11 Å². The van der Waals surface area contributed by atoms with Crippen molar-refractivity contribution in [3.63, 3.8) is 0 Å². The molecule has 0 bridgehead atoms. The van der Waals surface area contributed by atoms with E-state index < -0.39 is 0 Å². The van der Waals surface area contributed by atoms with Gasteiger partial charge in [0.15, 0.2) is 17.3 Å². The molecule has 1 saturated heterocycles. The zero-order valence-corrected chi connectivity index (χ0v) is 15.5. The van der Waals surface area contributed by atoms with Crippen LogP contribution in [0.5, 0.6) is 17.2 Å². The maximum absolute atomic E-state index is 5.82. The summed E-state index contributed by atoms with van der Waals surface area (Å²) < 4.78 is 24.6. The van der Waals surface area contributed by atoms with Crippen molar-refractivity contribution in [1.29, 1.82) is 0 Å². The van der Waals surface area contributed by atoms with E-state index in [2.05, 4.69) is 19.7 Å². The molecule has 0 amide bonds. The van der Waals surface area contributed by atoms with Gasteiger partial charge in [-0.2, -0.15) is 0 Å². The molecule has 0 radical (unpaired) electrons. The number of hydrogen-bond acceptors (Lipinski definition) is 7. The Morgan fingerprint density at radius 1 is 1.19 bits per heavy atom. The summed E-state index contributed by atoms with van der Waals surface area (Å²) in [5.41, 5.74) is 1.16. The average Bonchev–Trinajstić information content (AvgIpc) is 3.41. The number of rotatable bonds is 4. The van der Waals surface area contributed by atoms with Gasteiger partial charge in [-0.1, -0.05) is 0 Å². The predicted molar refractivity (Wildman–Crippen MR) is 96.0 cm³/mol. The number of aromatic nitrogens is 3. The number of methoxy groups -OCH3 is 1. The molecule has 8 nitrogen and oxygen atoms in total. The monoisotopic (exact) mass is 372 g/mol. The van der Waals surface area contributed by atoms with Gasteiger partial charge in [0.2, 0.25) is 12.5 Å². The van der Waals surface area contributed by atoms with Crippen molar-refractivity contribution in [2.45, 2.75) is 38.5 Å². The summed E-state index contributed by atoms with van der Waals surface area (Å²) in [5.74, 6) is 4.24. The van der Waals surface area contributed by atoms with Crippen molar-refractivity contribution in [2.24, 2.45) is 0 Å². The molecule has 1 aromatic heterocycles. The number of ether oxygens (including phenoxy) is 4. The lowest BCUT2D eigenvalue weighted by molar-refractivity contribution is 0.101. The van der Waals surface area contributed by atoms with Crippen LogP contribution in [-0.2, 0) is 24.2 Å². The highest BCUT2D eigenvalue weighted by molar-refractivity contribution is 5.55. The molecule has 1 fully saturated rings. The molecule has 1 unspecified atom stereocenters. The Morgan fingerprint density at radius 3 is 3.00 bits per heavy atom. The Balaban J connectivity index is 1.31. The third kappa shape index (κ3) is 3.12. The van der Waals surface area contributed by atoms with Crippen LogP contribution < -0.4 is 14.2 Å².